The van der Waals surface area contributed by atoms with Crippen LogP contribution in [0, 0.1) is 5.92 Å². The Morgan fingerprint density at radius 2 is 2.21 bits per heavy atom. The van der Waals surface area contributed by atoms with Gasteiger partial charge < -0.3 is 10.1 Å². The number of methoxy groups -OCH3 is 1. The molecular formula is C20H27N7O. The number of ether oxygens (including phenoxy) is 1. The third-order valence-corrected chi connectivity index (χ3v) is 5.52. The van der Waals surface area contributed by atoms with E-state index < -0.39 is 0 Å². The predicted octanol–water partition coefficient (Wildman–Crippen LogP) is 2.16. The van der Waals surface area contributed by atoms with Gasteiger partial charge in [0.25, 0.3) is 0 Å². The minimum absolute atomic E-state index is 0.313. The molecule has 0 spiro atoms. The van der Waals surface area contributed by atoms with E-state index in [4.69, 9.17) is 10.6 Å². The van der Waals surface area contributed by atoms with Crippen LogP contribution in [0.4, 0.5) is 11.5 Å². The maximum Gasteiger partial charge on any atom is 0.158 e. The largest absolute Gasteiger partial charge is 0.497 e. The minimum atomic E-state index is 0.313. The fraction of sp³-hybridized carbons (Fsp3) is 0.400. The summed E-state index contributed by atoms with van der Waals surface area (Å²) in [7, 11) is 1.66. The lowest BCUT2D eigenvalue weighted by Gasteiger charge is -2.36. The van der Waals surface area contributed by atoms with Gasteiger partial charge in [0.1, 0.15) is 17.6 Å². The maximum atomic E-state index is 5.73. The molecule has 1 saturated heterocycles. The van der Waals surface area contributed by atoms with Gasteiger partial charge in [-0.05, 0) is 42.6 Å². The molecule has 1 aliphatic heterocycles. The third-order valence-electron chi connectivity index (χ3n) is 5.52. The molecule has 28 heavy (non-hydrogen) atoms. The number of hydrogen-bond donors (Lipinski definition) is 3. The Labute approximate surface area is 164 Å². The monoisotopic (exact) mass is 381 g/mol. The lowest BCUT2D eigenvalue weighted by Crippen LogP contribution is -2.52. The highest BCUT2D eigenvalue weighted by Crippen LogP contribution is 2.27. The van der Waals surface area contributed by atoms with Crippen LogP contribution in [-0.2, 0) is 6.54 Å². The van der Waals surface area contributed by atoms with Gasteiger partial charge in [-0.2, -0.15) is 5.10 Å². The van der Waals surface area contributed by atoms with Crippen molar-refractivity contribution in [2.75, 3.05) is 25.5 Å². The molecule has 1 aliphatic rings. The number of piperidine rings is 1. The zero-order valence-electron chi connectivity index (χ0n) is 16.3. The Hall–Kier alpha value is -2.68. The number of nitrogens with one attached hydrogen (secondary N) is 2. The summed E-state index contributed by atoms with van der Waals surface area (Å²) in [5, 5.41) is 7.77. The summed E-state index contributed by atoms with van der Waals surface area (Å²) in [6.07, 6.45) is 4.68. The molecule has 0 amide bonds. The number of nitrogens with zero attached hydrogens (tertiary/aromatic N) is 4. The Morgan fingerprint density at radius 3 is 3.04 bits per heavy atom. The number of hydrogen-bond acceptors (Lipinski definition) is 7. The molecule has 0 radical (unpaired) electrons. The first-order valence-electron chi connectivity index (χ1n) is 9.58. The van der Waals surface area contributed by atoms with Gasteiger partial charge in [-0.15, -0.1) is 0 Å². The Balaban J connectivity index is 1.60. The highest BCUT2D eigenvalue weighted by Gasteiger charge is 2.26. The summed E-state index contributed by atoms with van der Waals surface area (Å²) in [6.45, 7) is 5.07. The lowest BCUT2D eigenvalue weighted by molar-refractivity contribution is 0.143. The van der Waals surface area contributed by atoms with E-state index in [0.717, 1.165) is 48.8 Å². The quantitative estimate of drug-likeness (QED) is 0.445. The molecular weight excluding hydrogens is 354 g/mol. The SMILES string of the molecule is COc1cccc(Nc2ncnn3ccc(CN4CC[C@@H](C)[C@@H](NN)C4)c23)c1. The first-order chi connectivity index (χ1) is 13.7. The molecule has 0 unspecified atom stereocenters. The zero-order chi connectivity index (χ0) is 19.5. The molecule has 8 nitrogen and oxygen atoms in total. The summed E-state index contributed by atoms with van der Waals surface area (Å²) in [4.78, 5) is 6.92. The van der Waals surface area contributed by atoms with Crippen LogP contribution < -0.4 is 21.3 Å². The zero-order valence-corrected chi connectivity index (χ0v) is 16.3. The second-order valence-electron chi connectivity index (χ2n) is 7.37. The predicted molar refractivity (Wildman–Crippen MR) is 109 cm³/mol. The topological polar surface area (TPSA) is 92.7 Å². The van der Waals surface area contributed by atoms with E-state index in [0.29, 0.717) is 12.0 Å². The number of anilines is 2. The summed E-state index contributed by atoms with van der Waals surface area (Å²) < 4.78 is 7.19. The molecule has 4 rings (SSSR count). The maximum absolute atomic E-state index is 5.73. The second-order valence-corrected chi connectivity index (χ2v) is 7.37. The fourth-order valence-corrected chi connectivity index (χ4v) is 3.81. The van der Waals surface area contributed by atoms with Crippen LogP contribution in [0.3, 0.4) is 0 Å². The highest BCUT2D eigenvalue weighted by atomic mass is 16.5. The van der Waals surface area contributed by atoms with Gasteiger partial charge >= 0.3 is 0 Å². The van der Waals surface area contributed by atoms with Gasteiger partial charge in [-0.1, -0.05) is 13.0 Å². The molecule has 0 aliphatic carbocycles. The van der Waals surface area contributed by atoms with Crippen molar-refractivity contribution in [1.29, 1.82) is 0 Å². The molecule has 0 saturated carbocycles. The van der Waals surface area contributed by atoms with Crippen molar-refractivity contribution in [3.05, 3.63) is 48.4 Å². The number of benzene rings is 1. The Morgan fingerprint density at radius 1 is 1.32 bits per heavy atom. The summed E-state index contributed by atoms with van der Waals surface area (Å²) in [5.41, 5.74) is 6.06. The molecule has 4 N–H and O–H groups in total. The lowest BCUT2D eigenvalue weighted by atomic mass is 9.94. The Kier molecular flexibility index (Phi) is 5.43. The van der Waals surface area contributed by atoms with Crippen LogP contribution in [-0.4, -0.2) is 45.7 Å². The van der Waals surface area contributed by atoms with Crippen molar-refractivity contribution in [2.24, 2.45) is 11.8 Å². The highest BCUT2D eigenvalue weighted by molar-refractivity contribution is 5.76. The fourth-order valence-electron chi connectivity index (χ4n) is 3.81. The van der Waals surface area contributed by atoms with Crippen molar-refractivity contribution >= 4 is 17.0 Å². The van der Waals surface area contributed by atoms with Crippen molar-refractivity contribution in [3.8, 4) is 5.75 Å². The van der Waals surface area contributed by atoms with Gasteiger partial charge in [0.2, 0.25) is 0 Å². The van der Waals surface area contributed by atoms with E-state index in [1.54, 1.807) is 13.4 Å². The molecule has 0 bridgehead atoms. The number of nitrogens with two attached hydrogens (primary N) is 1. The Bertz CT molecular complexity index is 941. The molecule has 3 aromatic rings. The van der Waals surface area contributed by atoms with Crippen molar-refractivity contribution in [3.63, 3.8) is 0 Å². The number of aromatic nitrogens is 3. The van der Waals surface area contributed by atoms with Crippen LogP contribution in [0.25, 0.3) is 5.52 Å². The molecule has 2 aromatic heterocycles. The molecule has 3 heterocycles. The van der Waals surface area contributed by atoms with E-state index >= 15 is 0 Å². The number of fused-ring (bicyclic) bond motifs is 1. The first kappa shape index (κ1) is 18.7. The number of rotatable bonds is 6. The van der Waals surface area contributed by atoms with Crippen LogP contribution in [0.2, 0.25) is 0 Å². The van der Waals surface area contributed by atoms with Gasteiger partial charge in [0.05, 0.1) is 7.11 Å². The van der Waals surface area contributed by atoms with E-state index in [2.05, 4.69) is 38.7 Å². The van der Waals surface area contributed by atoms with Crippen molar-refractivity contribution in [1.82, 2.24) is 24.9 Å². The van der Waals surface area contributed by atoms with Crippen molar-refractivity contribution in [2.45, 2.75) is 25.9 Å². The van der Waals surface area contributed by atoms with Gasteiger partial charge in [0, 0.05) is 37.1 Å². The number of likely N-dealkylation sites (tertiary alicyclic amines) is 1. The number of hydrazine groups is 1. The first-order valence-corrected chi connectivity index (χ1v) is 9.58. The average molecular weight is 381 g/mol. The smallest absolute Gasteiger partial charge is 0.158 e. The second kappa shape index (κ2) is 8.14. The average Bonchev–Trinajstić information content (AvgIpc) is 3.13. The standard InChI is InChI=1S/C20H27N7O/c1-14-6-8-26(12-18(14)25-21)11-15-7-9-27-19(15)20(22-13-23-27)24-16-4-3-5-17(10-16)28-2/h3-5,7,9-10,13-14,18,25H,6,8,11-12,21H2,1-2H3,(H,22,23,24)/t14-,18+/m1/s1. The van der Waals surface area contributed by atoms with E-state index in [9.17, 15) is 0 Å². The minimum Gasteiger partial charge on any atom is -0.497 e. The molecule has 2 atom stereocenters. The van der Waals surface area contributed by atoms with Crippen LogP contribution in [0.1, 0.15) is 18.9 Å². The van der Waals surface area contributed by atoms with Crippen molar-refractivity contribution < 1.29 is 4.74 Å². The normalized spacial score (nSPS) is 20.4. The summed E-state index contributed by atoms with van der Waals surface area (Å²) >= 11 is 0. The van der Waals surface area contributed by atoms with Gasteiger partial charge in [-0.3, -0.25) is 16.2 Å². The third kappa shape index (κ3) is 3.80. The summed E-state index contributed by atoms with van der Waals surface area (Å²) in [5.74, 6) is 7.90. The van der Waals surface area contributed by atoms with Crippen LogP contribution >= 0.6 is 0 Å². The van der Waals surface area contributed by atoms with E-state index in [1.165, 1.54) is 5.56 Å². The molecule has 1 fully saturated rings. The van der Waals surface area contributed by atoms with Gasteiger partial charge in [0.15, 0.2) is 5.82 Å². The molecule has 8 heteroatoms. The molecule has 148 valence electrons. The summed E-state index contributed by atoms with van der Waals surface area (Å²) in [6, 6.07) is 10.2. The van der Waals surface area contributed by atoms with Crippen LogP contribution in [0.15, 0.2) is 42.9 Å². The van der Waals surface area contributed by atoms with Crippen LogP contribution in [0.5, 0.6) is 5.75 Å². The van der Waals surface area contributed by atoms with E-state index in [1.807, 2.05) is 35.0 Å². The molecule has 1 aromatic carbocycles. The van der Waals surface area contributed by atoms with E-state index in [-0.39, 0.29) is 0 Å². The van der Waals surface area contributed by atoms with Gasteiger partial charge in [-0.25, -0.2) is 9.50 Å².